The van der Waals surface area contributed by atoms with Crippen molar-refractivity contribution in [3.05, 3.63) is 71.8 Å². The van der Waals surface area contributed by atoms with E-state index in [2.05, 4.69) is 21.3 Å². The van der Waals surface area contributed by atoms with Gasteiger partial charge in [-0.05, 0) is 42.3 Å². The first-order chi connectivity index (χ1) is 25.1. The van der Waals surface area contributed by atoms with E-state index in [0.717, 1.165) is 11.1 Å². The van der Waals surface area contributed by atoms with E-state index in [0.29, 0.717) is 6.42 Å². The summed E-state index contributed by atoms with van der Waals surface area (Å²) >= 11 is 0. The number of rotatable bonds is 17. The number of methoxy groups -OCH3 is 1. The second-order valence-corrected chi connectivity index (χ2v) is 14.4. The average Bonchev–Trinajstić information content (AvgIpc) is 3.13. The van der Waals surface area contributed by atoms with Crippen molar-refractivity contribution in [2.45, 2.75) is 97.0 Å². The van der Waals surface area contributed by atoms with Crippen LogP contribution in [-0.2, 0) is 46.4 Å². The van der Waals surface area contributed by atoms with Gasteiger partial charge in [0.1, 0.15) is 30.8 Å². The van der Waals surface area contributed by atoms with E-state index in [9.17, 15) is 29.1 Å². The Kier molecular flexibility index (Phi) is 16.2. The number of nitrogens with zero attached hydrogens (tertiary/aromatic N) is 1. The number of hydrogen-bond acceptors (Lipinski definition) is 10. The molecule has 1 heterocycles. The summed E-state index contributed by atoms with van der Waals surface area (Å²) in [7, 11) is 2.89. The monoisotopic (exact) mass is 739 g/mol. The number of aliphatic hydroxyl groups is 1. The van der Waals surface area contributed by atoms with E-state index >= 15 is 0 Å². The van der Waals surface area contributed by atoms with Crippen LogP contribution in [0.2, 0.25) is 0 Å². The Hall–Kier alpha value is -4.53. The van der Waals surface area contributed by atoms with Gasteiger partial charge in [-0.25, -0.2) is 9.59 Å². The van der Waals surface area contributed by atoms with Gasteiger partial charge >= 0.3 is 12.1 Å². The molecule has 5 N–H and O–H groups in total. The maximum atomic E-state index is 13.8. The molecule has 14 heteroatoms. The van der Waals surface area contributed by atoms with Crippen molar-refractivity contribution < 1.29 is 43.3 Å². The van der Waals surface area contributed by atoms with Crippen molar-refractivity contribution in [2.24, 2.45) is 17.8 Å². The number of β-amino-alcohol motifs (C(OH)–C–C–N with tert-alkyl or cyclic N) is 1. The minimum atomic E-state index is -1.95. The molecule has 3 rings (SSSR count). The van der Waals surface area contributed by atoms with Crippen molar-refractivity contribution >= 4 is 29.8 Å². The first kappa shape index (κ1) is 42.9. The van der Waals surface area contributed by atoms with Gasteiger partial charge in [-0.15, -0.1) is 0 Å². The molecule has 0 radical (unpaired) electrons. The van der Waals surface area contributed by atoms with Gasteiger partial charge in [-0.3, -0.25) is 19.3 Å². The van der Waals surface area contributed by atoms with Crippen molar-refractivity contribution in [1.82, 2.24) is 26.2 Å². The summed E-state index contributed by atoms with van der Waals surface area (Å²) in [5.74, 6) is -4.98. The zero-order valence-corrected chi connectivity index (χ0v) is 32.1. The molecular formula is C39H57N5O9. The lowest BCUT2D eigenvalue weighted by atomic mass is 9.94. The van der Waals surface area contributed by atoms with Crippen LogP contribution in [0.1, 0.15) is 59.1 Å². The van der Waals surface area contributed by atoms with Gasteiger partial charge in [0.25, 0.3) is 0 Å². The number of alkyl carbamates (subject to hydrolysis) is 1. The molecule has 2 aromatic carbocycles. The first-order valence-corrected chi connectivity index (χ1v) is 18.2. The summed E-state index contributed by atoms with van der Waals surface area (Å²) in [6.45, 7) is 10.4. The summed E-state index contributed by atoms with van der Waals surface area (Å²) in [6.07, 6.45) is -0.0277. The summed E-state index contributed by atoms with van der Waals surface area (Å²) in [5, 5.41) is 23.1. The number of hydrogen-bond donors (Lipinski definition) is 5. The van der Waals surface area contributed by atoms with Gasteiger partial charge in [0.05, 0.1) is 26.3 Å². The molecule has 0 aromatic heterocycles. The Morgan fingerprint density at radius 3 is 1.92 bits per heavy atom. The molecule has 0 saturated carbocycles. The molecule has 53 heavy (non-hydrogen) atoms. The highest BCUT2D eigenvalue weighted by Gasteiger charge is 2.47. The van der Waals surface area contributed by atoms with E-state index in [4.69, 9.17) is 14.2 Å². The van der Waals surface area contributed by atoms with Crippen molar-refractivity contribution in [1.29, 1.82) is 0 Å². The van der Waals surface area contributed by atoms with Gasteiger partial charge in [0.2, 0.25) is 17.7 Å². The lowest BCUT2D eigenvalue weighted by Gasteiger charge is -2.46. The van der Waals surface area contributed by atoms with Gasteiger partial charge in [0, 0.05) is 0 Å². The Labute approximate surface area is 312 Å². The summed E-state index contributed by atoms with van der Waals surface area (Å²) in [6, 6.07) is 13.6. The molecule has 3 unspecified atom stereocenters. The Balaban J connectivity index is 1.76. The topological polar surface area (TPSA) is 185 Å². The normalized spacial score (nSPS) is 20.3. The van der Waals surface area contributed by atoms with E-state index in [1.807, 2.05) is 74.5 Å². The maximum Gasteiger partial charge on any atom is 0.408 e. The SMILES string of the molecule is CCC(C)[C@H](NC(=O)C1COC(O)([C@H](Cc2ccccc2)NC(=O)[C@@H](NC(=O)OCc2ccccc2)C(C)C)CN1C)C(=O)N[C@H](C(=O)OC)C(C)C. The molecule has 2 aromatic rings. The van der Waals surface area contributed by atoms with Gasteiger partial charge in [-0.1, -0.05) is 109 Å². The van der Waals surface area contributed by atoms with Crippen LogP contribution in [0, 0.1) is 17.8 Å². The van der Waals surface area contributed by atoms with Crippen molar-refractivity contribution in [3.8, 4) is 0 Å². The molecular weight excluding hydrogens is 682 g/mol. The van der Waals surface area contributed by atoms with Gasteiger partial charge < -0.3 is 40.6 Å². The molecule has 1 fully saturated rings. The molecule has 4 amide bonds. The second-order valence-electron chi connectivity index (χ2n) is 14.4. The second kappa shape index (κ2) is 20.1. The molecule has 14 nitrogen and oxygen atoms in total. The van der Waals surface area contributed by atoms with Crippen LogP contribution in [-0.4, -0.2) is 103 Å². The molecule has 0 aliphatic carbocycles. The van der Waals surface area contributed by atoms with E-state index in [1.54, 1.807) is 39.6 Å². The smallest absolute Gasteiger partial charge is 0.408 e. The van der Waals surface area contributed by atoms with Crippen LogP contribution in [0.5, 0.6) is 0 Å². The first-order valence-electron chi connectivity index (χ1n) is 18.2. The lowest BCUT2D eigenvalue weighted by molar-refractivity contribution is -0.261. The maximum absolute atomic E-state index is 13.8. The third-order valence-corrected chi connectivity index (χ3v) is 9.59. The van der Waals surface area contributed by atoms with Crippen LogP contribution < -0.4 is 21.3 Å². The zero-order valence-electron chi connectivity index (χ0n) is 32.1. The number of carbonyl (C=O) groups excluding carboxylic acids is 5. The van der Waals surface area contributed by atoms with Crippen molar-refractivity contribution in [2.75, 3.05) is 27.3 Å². The largest absolute Gasteiger partial charge is 0.467 e. The van der Waals surface area contributed by atoms with E-state index in [-0.39, 0.29) is 43.9 Å². The number of benzene rings is 2. The number of morpholine rings is 1. The fourth-order valence-electron chi connectivity index (χ4n) is 6.03. The molecule has 0 spiro atoms. The highest BCUT2D eigenvalue weighted by atomic mass is 16.6. The minimum Gasteiger partial charge on any atom is -0.467 e. The van der Waals surface area contributed by atoms with Crippen molar-refractivity contribution in [3.63, 3.8) is 0 Å². The molecule has 7 atom stereocenters. The highest BCUT2D eigenvalue weighted by Crippen LogP contribution is 2.25. The summed E-state index contributed by atoms with van der Waals surface area (Å²) in [4.78, 5) is 67.6. The molecule has 1 aliphatic rings. The van der Waals surface area contributed by atoms with Crippen LogP contribution in [0.15, 0.2) is 60.7 Å². The predicted octanol–water partition coefficient (Wildman–Crippen LogP) is 2.53. The number of amides is 4. The standard InChI is InChI=1S/C39H57N5O9/c1-9-26(6)33(36(47)41-32(25(4)5)37(48)51-8)42-34(45)29-22-53-39(50,23-44(29)7)30(20-27-16-12-10-13-17-27)40-35(46)31(24(2)3)43-38(49)52-21-28-18-14-11-15-19-28/h10-19,24-26,29-33,50H,9,20-23H2,1-8H3,(H,40,46)(H,41,47)(H,42,45)(H,43,49)/t26?,29?,30-,31-,32-,33-,39?/m0/s1. The predicted molar refractivity (Wildman–Crippen MR) is 198 cm³/mol. The molecule has 1 saturated heterocycles. The quantitative estimate of drug-likeness (QED) is 0.151. The fourth-order valence-corrected chi connectivity index (χ4v) is 6.03. The van der Waals surface area contributed by atoms with Crippen LogP contribution in [0.25, 0.3) is 0 Å². The number of nitrogens with one attached hydrogen (secondary N) is 4. The Morgan fingerprint density at radius 2 is 1.40 bits per heavy atom. The molecule has 292 valence electrons. The molecule has 1 aliphatic heterocycles. The van der Waals surface area contributed by atoms with Crippen LogP contribution >= 0.6 is 0 Å². The Morgan fingerprint density at radius 1 is 0.830 bits per heavy atom. The van der Waals surface area contributed by atoms with Crippen LogP contribution in [0.3, 0.4) is 0 Å². The van der Waals surface area contributed by atoms with Crippen LogP contribution in [0.4, 0.5) is 4.79 Å². The van der Waals surface area contributed by atoms with E-state index < -0.39 is 65.8 Å². The number of ether oxygens (including phenoxy) is 3. The number of esters is 1. The third-order valence-electron chi connectivity index (χ3n) is 9.59. The Bertz CT molecular complexity index is 1510. The summed E-state index contributed by atoms with van der Waals surface area (Å²) < 4.78 is 16.3. The molecule has 0 bridgehead atoms. The zero-order chi connectivity index (χ0) is 39.3. The van der Waals surface area contributed by atoms with Gasteiger partial charge in [0.15, 0.2) is 5.79 Å². The third kappa shape index (κ3) is 12.3. The fraction of sp³-hybridized carbons (Fsp3) is 0.564. The van der Waals surface area contributed by atoms with Gasteiger partial charge in [-0.2, -0.15) is 0 Å². The van der Waals surface area contributed by atoms with E-state index in [1.165, 1.54) is 7.11 Å². The summed E-state index contributed by atoms with van der Waals surface area (Å²) in [5.41, 5.74) is 1.60. The minimum absolute atomic E-state index is 0.0269. The average molecular weight is 740 g/mol. The number of likely N-dealkylation sites (N-methyl/N-ethyl adjacent to an activating group) is 1. The lowest BCUT2D eigenvalue weighted by Crippen LogP contribution is -2.69. The number of carbonyl (C=O) groups is 5. The highest BCUT2D eigenvalue weighted by molar-refractivity contribution is 5.92.